The van der Waals surface area contributed by atoms with Crippen molar-refractivity contribution in [3.8, 4) is 0 Å². The Morgan fingerprint density at radius 3 is 2.40 bits per heavy atom. The van der Waals surface area contributed by atoms with Crippen LogP contribution >= 0.6 is 24.2 Å². The van der Waals surface area contributed by atoms with Crippen molar-refractivity contribution < 1.29 is 0 Å². The largest absolute Gasteiger partial charge is 0.159 e. The molecule has 1 aromatic carbocycles. The predicted molar refractivity (Wildman–Crippen MR) is 48.8 cm³/mol. The fourth-order valence-corrected chi connectivity index (χ4v) is 1.20. The van der Waals surface area contributed by atoms with Gasteiger partial charge in [0, 0.05) is 0 Å². The molecule has 1 atom stereocenters. The molecule has 0 unspecified atom stereocenters. The van der Waals surface area contributed by atoms with Gasteiger partial charge in [-0.2, -0.15) is 12.6 Å². The monoisotopic (exact) mass is 172 g/mol. The van der Waals surface area contributed by atoms with Crippen LogP contribution in [0.25, 0.3) is 0 Å². The second-order valence-electron chi connectivity index (χ2n) is 2.12. The minimum atomic E-state index is -0.0672. The number of rotatable bonds is 2. The molecule has 0 fully saturated rings. The zero-order chi connectivity index (χ0) is 7.40. The minimum Gasteiger partial charge on any atom is -0.159 e. The van der Waals surface area contributed by atoms with Crippen molar-refractivity contribution in [2.45, 2.75) is 11.1 Å². The molecular formula is C8H9ClS. The Balaban J connectivity index is 2.59. The first-order valence-electron chi connectivity index (χ1n) is 3.15. The van der Waals surface area contributed by atoms with Gasteiger partial charge in [0.1, 0.15) is 0 Å². The lowest BCUT2D eigenvalue weighted by Gasteiger charge is -2.00. The van der Waals surface area contributed by atoms with E-state index in [2.05, 4.69) is 12.6 Å². The van der Waals surface area contributed by atoms with E-state index in [1.165, 1.54) is 5.56 Å². The van der Waals surface area contributed by atoms with E-state index in [9.17, 15) is 0 Å². The fourth-order valence-electron chi connectivity index (χ4n) is 0.809. The summed E-state index contributed by atoms with van der Waals surface area (Å²) in [5.41, 5.74) is 1.23. The molecule has 0 aliphatic rings. The smallest absolute Gasteiger partial charge is 0.0799 e. The average Bonchev–Trinajstić information content (AvgIpc) is 1.88. The van der Waals surface area contributed by atoms with Gasteiger partial charge in [0.25, 0.3) is 0 Å². The van der Waals surface area contributed by atoms with E-state index in [0.29, 0.717) is 0 Å². The van der Waals surface area contributed by atoms with Crippen LogP contribution in [0, 0.1) is 0 Å². The van der Waals surface area contributed by atoms with Crippen molar-refractivity contribution in [3.05, 3.63) is 35.9 Å². The van der Waals surface area contributed by atoms with Gasteiger partial charge in [0.2, 0.25) is 0 Å². The highest BCUT2D eigenvalue weighted by Crippen LogP contribution is 2.09. The molecule has 0 nitrogen and oxygen atoms in total. The van der Waals surface area contributed by atoms with Crippen LogP contribution in [0.1, 0.15) is 5.56 Å². The first-order chi connectivity index (χ1) is 4.79. The van der Waals surface area contributed by atoms with Crippen molar-refractivity contribution in [1.29, 1.82) is 0 Å². The molecule has 0 N–H and O–H groups in total. The number of hydrogen-bond acceptors (Lipinski definition) is 1. The van der Waals surface area contributed by atoms with E-state index in [-0.39, 0.29) is 4.71 Å². The maximum Gasteiger partial charge on any atom is 0.0799 e. The van der Waals surface area contributed by atoms with Crippen LogP contribution in [0.3, 0.4) is 0 Å². The van der Waals surface area contributed by atoms with Crippen LogP contribution in [0.15, 0.2) is 30.3 Å². The number of hydrogen-bond donors (Lipinski definition) is 1. The van der Waals surface area contributed by atoms with Gasteiger partial charge in [-0.15, -0.1) is 11.6 Å². The molecule has 0 aliphatic heterocycles. The molecule has 0 amide bonds. The molecule has 0 aliphatic carbocycles. The molecule has 54 valence electrons. The standard InChI is InChI=1S/C8H9ClS/c9-8(10)6-7-4-2-1-3-5-7/h1-5,8,10H,6H2/t8-/m1/s1. The second kappa shape index (κ2) is 3.89. The van der Waals surface area contributed by atoms with Crippen LogP contribution in [-0.4, -0.2) is 4.71 Å². The van der Waals surface area contributed by atoms with E-state index < -0.39 is 0 Å². The Morgan fingerprint density at radius 1 is 1.30 bits per heavy atom. The molecule has 10 heavy (non-hydrogen) atoms. The first kappa shape index (κ1) is 7.96. The summed E-state index contributed by atoms with van der Waals surface area (Å²) >= 11 is 9.75. The van der Waals surface area contributed by atoms with Crippen molar-refractivity contribution in [2.24, 2.45) is 0 Å². The van der Waals surface area contributed by atoms with Gasteiger partial charge < -0.3 is 0 Å². The third kappa shape index (κ3) is 2.63. The van der Waals surface area contributed by atoms with Gasteiger partial charge in [-0.05, 0) is 12.0 Å². The van der Waals surface area contributed by atoms with Crippen LogP contribution in [0.2, 0.25) is 0 Å². The van der Waals surface area contributed by atoms with Gasteiger partial charge in [-0.1, -0.05) is 30.3 Å². The Kier molecular flexibility index (Phi) is 3.10. The van der Waals surface area contributed by atoms with Crippen molar-refractivity contribution >= 4 is 24.2 Å². The molecule has 2 heteroatoms. The van der Waals surface area contributed by atoms with Crippen LogP contribution in [0.4, 0.5) is 0 Å². The second-order valence-corrected chi connectivity index (χ2v) is 3.58. The zero-order valence-electron chi connectivity index (χ0n) is 5.50. The third-order valence-corrected chi connectivity index (χ3v) is 1.58. The third-order valence-electron chi connectivity index (χ3n) is 1.25. The highest BCUT2D eigenvalue weighted by atomic mass is 35.5. The van der Waals surface area contributed by atoms with Crippen LogP contribution in [0.5, 0.6) is 0 Å². The zero-order valence-corrected chi connectivity index (χ0v) is 7.15. The maximum absolute atomic E-state index is 5.68. The van der Waals surface area contributed by atoms with E-state index in [1.54, 1.807) is 0 Å². The summed E-state index contributed by atoms with van der Waals surface area (Å²) < 4.78 is -0.0672. The van der Waals surface area contributed by atoms with E-state index in [4.69, 9.17) is 11.6 Å². The van der Waals surface area contributed by atoms with Crippen molar-refractivity contribution in [2.75, 3.05) is 0 Å². The summed E-state index contributed by atoms with van der Waals surface area (Å²) in [6.07, 6.45) is 0.825. The number of benzene rings is 1. The van der Waals surface area contributed by atoms with E-state index >= 15 is 0 Å². The molecular weight excluding hydrogens is 164 g/mol. The highest BCUT2D eigenvalue weighted by molar-refractivity contribution is 7.82. The lowest BCUT2D eigenvalue weighted by molar-refractivity contribution is 1.10. The summed E-state index contributed by atoms with van der Waals surface area (Å²) in [4.78, 5) is 0. The van der Waals surface area contributed by atoms with Gasteiger partial charge in [-0.25, -0.2) is 0 Å². The normalized spacial score (nSPS) is 13.0. The summed E-state index contributed by atoms with van der Waals surface area (Å²) in [6.45, 7) is 0. The maximum atomic E-state index is 5.68. The quantitative estimate of drug-likeness (QED) is 0.515. The Labute approximate surface area is 71.6 Å². The average molecular weight is 173 g/mol. The molecule has 1 aromatic rings. The van der Waals surface area contributed by atoms with Crippen LogP contribution < -0.4 is 0 Å². The van der Waals surface area contributed by atoms with Gasteiger partial charge in [0.15, 0.2) is 0 Å². The molecule has 0 saturated carbocycles. The first-order valence-corrected chi connectivity index (χ1v) is 4.10. The number of thiol groups is 1. The predicted octanol–water partition coefficient (Wildman–Crippen LogP) is 2.72. The Morgan fingerprint density at radius 2 is 1.90 bits per heavy atom. The summed E-state index contributed by atoms with van der Waals surface area (Å²) in [5.74, 6) is 0. The Hall–Kier alpha value is -0.140. The lowest BCUT2D eigenvalue weighted by atomic mass is 10.2. The summed E-state index contributed by atoms with van der Waals surface area (Å²) in [5, 5.41) is 0. The highest BCUT2D eigenvalue weighted by Gasteiger charge is 1.96. The summed E-state index contributed by atoms with van der Waals surface area (Å²) in [6, 6.07) is 10.1. The minimum absolute atomic E-state index is 0.0672. The fraction of sp³-hybridized carbons (Fsp3) is 0.250. The Bertz CT molecular complexity index is 184. The van der Waals surface area contributed by atoms with Crippen molar-refractivity contribution in [1.82, 2.24) is 0 Å². The molecule has 0 radical (unpaired) electrons. The topological polar surface area (TPSA) is 0 Å². The lowest BCUT2D eigenvalue weighted by Crippen LogP contribution is -1.92. The molecule has 0 aromatic heterocycles. The van der Waals surface area contributed by atoms with Crippen LogP contribution in [-0.2, 0) is 6.42 Å². The SMILES string of the molecule is S[C@@H](Cl)Cc1ccccc1. The molecule has 0 bridgehead atoms. The van der Waals surface area contributed by atoms with Gasteiger partial charge in [0.05, 0.1) is 4.71 Å². The molecule has 0 spiro atoms. The van der Waals surface area contributed by atoms with E-state index in [0.717, 1.165) is 6.42 Å². The van der Waals surface area contributed by atoms with Crippen molar-refractivity contribution in [3.63, 3.8) is 0 Å². The van der Waals surface area contributed by atoms with E-state index in [1.807, 2.05) is 30.3 Å². The number of alkyl halides is 1. The molecule has 0 heterocycles. The van der Waals surface area contributed by atoms with Gasteiger partial charge in [-0.3, -0.25) is 0 Å². The summed E-state index contributed by atoms with van der Waals surface area (Å²) in [7, 11) is 0. The molecule has 0 saturated heterocycles. The number of halogens is 1. The molecule has 1 rings (SSSR count). The van der Waals surface area contributed by atoms with Gasteiger partial charge >= 0.3 is 0 Å².